The topological polar surface area (TPSA) is 73.0 Å². The average Bonchev–Trinajstić information content (AvgIpc) is 3.05. The molecule has 0 saturated heterocycles. The van der Waals surface area contributed by atoms with Crippen LogP contribution < -0.4 is 5.69 Å². The molecule has 7 nitrogen and oxygen atoms in total. The normalized spacial score (nSPS) is 15.2. The first-order chi connectivity index (χ1) is 12.7. The van der Waals surface area contributed by atoms with Gasteiger partial charge in [0.25, 0.3) is 0 Å². The highest BCUT2D eigenvalue weighted by Crippen LogP contribution is 2.22. The van der Waals surface area contributed by atoms with E-state index in [4.69, 9.17) is 0 Å². The molecule has 26 heavy (non-hydrogen) atoms. The summed E-state index contributed by atoms with van der Waals surface area (Å²) in [6.45, 7) is 4.59. The predicted molar refractivity (Wildman–Crippen MR) is 99.7 cm³/mol. The van der Waals surface area contributed by atoms with Crippen LogP contribution in [-0.2, 0) is 6.42 Å². The molecule has 140 valence electrons. The predicted octanol–water partition coefficient (Wildman–Crippen LogP) is 3.00. The van der Waals surface area contributed by atoms with Gasteiger partial charge < -0.3 is 4.90 Å². The van der Waals surface area contributed by atoms with Gasteiger partial charge in [0.1, 0.15) is 0 Å². The number of benzene rings is 1. The molecule has 1 aromatic carbocycles. The van der Waals surface area contributed by atoms with Gasteiger partial charge in [-0.25, -0.2) is 9.59 Å². The Kier molecular flexibility index (Phi) is 5.85. The lowest BCUT2D eigenvalue weighted by atomic mass is 9.94. The van der Waals surface area contributed by atoms with Crippen LogP contribution in [0.1, 0.15) is 57.9 Å². The molecular weight excluding hydrogens is 330 g/mol. The number of aryl methyl sites for hydroxylation is 1. The van der Waals surface area contributed by atoms with E-state index in [-0.39, 0.29) is 12.1 Å². The molecule has 1 aliphatic carbocycles. The van der Waals surface area contributed by atoms with Crippen molar-refractivity contribution in [1.82, 2.24) is 24.7 Å². The van der Waals surface area contributed by atoms with E-state index in [0.717, 1.165) is 48.8 Å². The highest BCUT2D eigenvalue weighted by Gasteiger charge is 2.28. The van der Waals surface area contributed by atoms with Gasteiger partial charge >= 0.3 is 11.7 Å². The van der Waals surface area contributed by atoms with Crippen molar-refractivity contribution in [2.45, 2.75) is 64.8 Å². The molecule has 0 aliphatic heterocycles. The molecule has 0 N–H and O–H groups in total. The lowest BCUT2D eigenvalue weighted by Gasteiger charge is -2.32. The molecule has 0 bridgehead atoms. The SMILES string of the molecule is CCCc1ccccc1-n1nnn(C(=O)N(CC)C2CCCCC2)c1=O. The van der Waals surface area contributed by atoms with Crippen LogP contribution in [0.2, 0.25) is 0 Å². The molecule has 2 aromatic rings. The number of rotatable bonds is 5. The first-order valence-electron chi connectivity index (χ1n) is 9.61. The first-order valence-corrected chi connectivity index (χ1v) is 9.61. The average molecular weight is 357 g/mol. The molecule has 1 aliphatic rings. The van der Waals surface area contributed by atoms with Crippen molar-refractivity contribution in [2.24, 2.45) is 0 Å². The zero-order valence-electron chi connectivity index (χ0n) is 15.6. The summed E-state index contributed by atoms with van der Waals surface area (Å²) in [5, 5.41) is 7.86. The van der Waals surface area contributed by atoms with Crippen molar-refractivity contribution in [2.75, 3.05) is 6.54 Å². The second-order valence-electron chi connectivity index (χ2n) is 6.82. The van der Waals surface area contributed by atoms with Gasteiger partial charge in [-0.1, -0.05) is 50.8 Å². The van der Waals surface area contributed by atoms with Gasteiger partial charge in [-0.3, -0.25) is 0 Å². The number of hydrogen-bond acceptors (Lipinski definition) is 4. The lowest BCUT2D eigenvalue weighted by molar-refractivity contribution is 0.157. The summed E-state index contributed by atoms with van der Waals surface area (Å²) in [6, 6.07) is 7.44. The monoisotopic (exact) mass is 357 g/mol. The summed E-state index contributed by atoms with van der Waals surface area (Å²) in [7, 11) is 0. The van der Waals surface area contributed by atoms with Crippen molar-refractivity contribution in [1.29, 1.82) is 0 Å². The van der Waals surface area contributed by atoms with E-state index in [1.807, 2.05) is 31.2 Å². The quantitative estimate of drug-likeness (QED) is 0.771. The third-order valence-electron chi connectivity index (χ3n) is 5.10. The Labute approximate surface area is 153 Å². The molecule has 1 fully saturated rings. The summed E-state index contributed by atoms with van der Waals surface area (Å²) in [4.78, 5) is 27.5. The van der Waals surface area contributed by atoms with Crippen molar-refractivity contribution in [3.63, 3.8) is 0 Å². The molecule has 3 rings (SSSR count). The van der Waals surface area contributed by atoms with Crippen molar-refractivity contribution >= 4 is 6.03 Å². The Bertz CT molecular complexity index is 804. The second kappa shape index (κ2) is 8.29. The molecule has 1 saturated carbocycles. The number of tetrazole rings is 1. The molecule has 0 radical (unpaired) electrons. The van der Waals surface area contributed by atoms with Crippen LogP contribution in [0.4, 0.5) is 4.79 Å². The van der Waals surface area contributed by atoms with Gasteiger partial charge in [0, 0.05) is 12.6 Å². The van der Waals surface area contributed by atoms with Crippen LogP contribution in [0.25, 0.3) is 5.69 Å². The maximum atomic E-state index is 12.9. The summed E-state index contributed by atoms with van der Waals surface area (Å²) in [5.74, 6) is 0. The highest BCUT2D eigenvalue weighted by molar-refractivity contribution is 5.75. The standard InChI is InChI=1S/C19H27N5O2/c1-3-10-15-11-8-9-14-17(15)23-19(26)24(21-20-23)18(25)22(4-2)16-12-6-5-7-13-16/h8-9,11,14,16H,3-7,10,12-13H2,1-2H3. The summed E-state index contributed by atoms with van der Waals surface area (Å²) < 4.78 is 2.14. The molecule has 1 amide bonds. The maximum Gasteiger partial charge on any atom is 0.377 e. The van der Waals surface area contributed by atoms with Crippen LogP contribution >= 0.6 is 0 Å². The Balaban J connectivity index is 1.91. The fraction of sp³-hybridized carbons (Fsp3) is 0.579. The number of carbonyl (C=O) groups is 1. The van der Waals surface area contributed by atoms with E-state index >= 15 is 0 Å². The van der Waals surface area contributed by atoms with Crippen LogP contribution in [0.5, 0.6) is 0 Å². The zero-order valence-corrected chi connectivity index (χ0v) is 15.6. The highest BCUT2D eigenvalue weighted by atomic mass is 16.2. The van der Waals surface area contributed by atoms with Crippen LogP contribution in [0.15, 0.2) is 29.1 Å². The van der Waals surface area contributed by atoms with E-state index in [9.17, 15) is 9.59 Å². The van der Waals surface area contributed by atoms with Crippen molar-refractivity contribution in [3.8, 4) is 5.69 Å². The van der Waals surface area contributed by atoms with Crippen molar-refractivity contribution < 1.29 is 4.79 Å². The number of amides is 1. The molecule has 0 atom stereocenters. The number of carbonyl (C=O) groups excluding carboxylic acids is 1. The Morgan fingerprint density at radius 1 is 1.15 bits per heavy atom. The Hall–Kier alpha value is -2.44. The minimum Gasteiger partial charge on any atom is -0.320 e. The second-order valence-corrected chi connectivity index (χ2v) is 6.82. The van der Waals surface area contributed by atoms with Gasteiger partial charge in [0.2, 0.25) is 0 Å². The Morgan fingerprint density at radius 3 is 2.58 bits per heavy atom. The summed E-state index contributed by atoms with van der Waals surface area (Å²) in [6.07, 6.45) is 7.24. The lowest BCUT2D eigenvalue weighted by Crippen LogP contribution is -2.47. The van der Waals surface area contributed by atoms with E-state index in [1.54, 1.807) is 4.90 Å². The van der Waals surface area contributed by atoms with E-state index in [0.29, 0.717) is 12.2 Å². The smallest absolute Gasteiger partial charge is 0.320 e. The molecule has 1 heterocycles. The summed E-state index contributed by atoms with van der Waals surface area (Å²) in [5.41, 5.74) is 1.21. The van der Waals surface area contributed by atoms with Crippen molar-refractivity contribution in [3.05, 3.63) is 40.3 Å². The van der Waals surface area contributed by atoms with E-state index < -0.39 is 5.69 Å². The first kappa shape index (κ1) is 18.4. The van der Waals surface area contributed by atoms with Gasteiger partial charge in [-0.05, 0) is 48.2 Å². The largest absolute Gasteiger partial charge is 0.377 e. The maximum absolute atomic E-state index is 12.9. The van der Waals surface area contributed by atoms with Gasteiger partial charge in [-0.2, -0.15) is 4.68 Å². The van der Waals surface area contributed by atoms with Crippen LogP contribution in [-0.4, -0.2) is 43.3 Å². The molecular formula is C19H27N5O2. The number of nitrogens with zero attached hydrogens (tertiary/aromatic N) is 5. The summed E-state index contributed by atoms with van der Waals surface area (Å²) >= 11 is 0. The fourth-order valence-corrected chi connectivity index (χ4v) is 3.78. The number of para-hydroxylation sites is 1. The molecule has 0 unspecified atom stereocenters. The fourth-order valence-electron chi connectivity index (χ4n) is 3.78. The third kappa shape index (κ3) is 3.57. The third-order valence-corrected chi connectivity index (χ3v) is 5.10. The zero-order chi connectivity index (χ0) is 18.5. The van der Waals surface area contributed by atoms with Gasteiger partial charge in [0.05, 0.1) is 5.69 Å². The van der Waals surface area contributed by atoms with E-state index in [2.05, 4.69) is 17.4 Å². The van der Waals surface area contributed by atoms with Crippen LogP contribution in [0.3, 0.4) is 0 Å². The molecule has 7 heteroatoms. The minimum absolute atomic E-state index is 0.186. The minimum atomic E-state index is -0.507. The molecule has 0 spiro atoms. The molecule has 1 aromatic heterocycles. The Morgan fingerprint density at radius 2 is 1.88 bits per heavy atom. The van der Waals surface area contributed by atoms with Crippen LogP contribution in [0, 0.1) is 0 Å². The number of aromatic nitrogens is 4. The van der Waals surface area contributed by atoms with Gasteiger partial charge in [0.15, 0.2) is 0 Å². The van der Waals surface area contributed by atoms with E-state index in [1.165, 1.54) is 11.1 Å². The van der Waals surface area contributed by atoms with Gasteiger partial charge in [-0.15, -0.1) is 4.68 Å². The number of hydrogen-bond donors (Lipinski definition) is 0.